The van der Waals surface area contributed by atoms with Crippen molar-refractivity contribution >= 4 is 5.97 Å². The summed E-state index contributed by atoms with van der Waals surface area (Å²) in [5.74, 6) is -1.16. The lowest BCUT2D eigenvalue weighted by atomic mass is 9.94. The summed E-state index contributed by atoms with van der Waals surface area (Å²) in [6.45, 7) is 2.02. The number of carbonyl (C=O) groups is 1. The molecule has 162 valence electrons. The Labute approximate surface area is 179 Å². The molecule has 8 heteroatoms. The summed E-state index contributed by atoms with van der Waals surface area (Å²) in [6, 6.07) is 9.62. The lowest BCUT2D eigenvalue weighted by molar-refractivity contribution is -0.140. The molecule has 4 rings (SSSR count). The first-order valence-electron chi connectivity index (χ1n) is 10.1. The van der Waals surface area contributed by atoms with Crippen LogP contribution >= 0.6 is 0 Å². The van der Waals surface area contributed by atoms with E-state index in [1.807, 2.05) is 12.1 Å². The van der Waals surface area contributed by atoms with Gasteiger partial charge in [-0.15, -0.1) is 0 Å². The van der Waals surface area contributed by atoms with Crippen molar-refractivity contribution in [3.8, 4) is 5.75 Å². The Kier molecular flexibility index (Phi) is 5.90. The van der Waals surface area contributed by atoms with Gasteiger partial charge < -0.3 is 14.3 Å². The monoisotopic (exact) mass is 423 g/mol. The zero-order valence-electron chi connectivity index (χ0n) is 17.6. The SMILES string of the molecule is COC(=O)CC(c1cnn(C)c1)c1oc(CN2CCc3ccccc3C2)cc(=O)c1O. The molecule has 0 saturated heterocycles. The minimum Gasteiger partial charge on any atom is -0.502 e. The zero-order valence-corrected chi connectivity index (χ0v) is 17.6. The van der Waals surface area contributed by atoms with Gasteiger partial charge in [-0.2, -0.15) is 5.10 Å². The zero-order chi connectivity index (χ0) is 22.0. The van der Waals surface area contributed by atoms with E-state index >= 15 is 0 Å². The molecule has 0 amide bonds. The van der Waals surface area contributed by atoms with Gasteiger partial charge in [-0.1, -0.05) is 24.3 Å². The number of hydrogen-bond donors (Lipinski definition) is 1. The largest absolute Gasteiger partial charge is 0.502 e. The number of fused-ring (bicyclic) bond motifs is 1. The minimum absolute atomic E-state index is 0.0540. The number of methoxy groups -OCH3 is 1. The van der Waals surface area contributed by atoms with Crippen molar-refractivity contribution in [2.75, 3.05) is 13.7 Å². The molecule has 3 aromatic rings. The van der Waals surface area contributed by atoms with E-state index in [0.29, 0.717) is 17.9 Å². The molecule has 0 bridgehead atoms. The molecule has 1 atom stereocenters. The lowest BCUT2D eigenvalue weighted by Crippen LogP contribution is -2.30. The van der Waals surface area contributed by atoms with Gasteiger partial charge >= 0.3 is 5.97 Å². The van der Waals surface area contributed by atoms with Crippen LogP contribution in [-0.2, 0) is 36.1 Å². The molecule has 3 heterocycles. The number of aromatic hydroxyl groups is 1. The van der Waals surface area contributed by atoms with E-state index in [1.165, 1.54) is 24.3 Å². The molecular formula is C23H25N3O5. The van der Waals surface area contributed by atoms with Gasteiger partial charge in [0.05, 0.1) is 32.2 Å². The van der Waals surface area contributed by atoms with Crippen molar-refractivity contribution in [2.45, 2.75) is 31.8 Å². The van der Waals surface area contributed by atoms with E-state index < -0.39 is 23.1 Å². The Hall–Kier alpha value is -3.39. The Morgan fingerprint density at radius 3 is 2.81 bits per heavy atom. The second kappa shape index (κ2) is 8.77. The standard InChI is InChI=1S/C23H25N3O5/c1-25-12-17(11-24-25)19(10-21(28)30-2)23-22(29)20(27)9-18(31-23)14-26-8-7-15-5-3-4-6-16(15)13-26/h3-6,9,11-12,19,29H,7-8,10,13-14H2,1-2H3. The highest BCUT2D eigenvalue weighted by Crippen LogP contribution is 2.33. The first kappa shape index (κ1) is 20.9. The van der Waals surface area contributed by atoms with E-state index in [4.69, 9.17) is 9.15 Å². The van der Waals surface area contributed by atoms with Gasteiger partial charge in [0.15, 0.2) is 5.76 Å². The molecule has 1 unspecified atom stereocenters. The van der Waals surface area contributed by atoms with E-state index in [1.54, 1.807) is 24.1 Å². The molecule has 31 heavy (non-hydrogen) atoms. The van der Waals surface area contributed by atoms with Crippen molar-refractivity contribution < 1.29 is 19.1 Å². The van der Waals surface area contributed by atoms with Crippen LogP contribution in [0.15, 0.2) is 51.9 Å². The van der Waals surface area contributed by atoms with E-state index in [2.05, 4.69) is 22.1 Å². The third kappa shape index (κ3) is 4.54. The van der Waals surface area contributed by atoms with E-state index in [-0.39, 0.29) is 12.2 Å². The maximum atomic E-state index is 12.5. The highest BCUT2D eigenvalue weighted by Gasteiger charge is 2.28. The molecule has 2 aromatic heterocycles. The number of nitrogens with zero attached hydrogens (tertiary/aromatic N) is 3. The summed E-state index contributed by atoms with van der Waals surface area (Å²) >= 11 is 0. The highest BCUT2D eigenvalue weighted by molar-refractivity contribution is 5.71. The maximum Gasteiger partial charge on any atom is 0.306 e. The van der Waals surface area contributed by atoms with Crippen LogP contribution in [0.2, 0.25) is 0 Å². The number of benzene rings is 1. The second-order valence-electron chi connectivity index (χ2n) is 7.80. The minimum atomic E-state index is -0.684. The molecule has 8 nitrogen and oxygen atoms in total. The van der Waals surface area contributed by atoms with Crippen LogP contribution in [0, 0.1) is 0 Å². The van der Waals surface area contributed by atoms with E-state index in [9.17, 15) is 14.7 Å². The van der Waals surface area contributed by atoms with Gasteiger partial charge in [-0.05, 0) is 17.5 Å². The molecule has 0 spiro atoms. The molecule has 0 aliphatic carbocycles. The maximum absolute atomic E-state index is 12.5. The van der Waals surface area contributed by atoms with Gasteiger partial charge in [0.2, 0.25) is 11.2 Å². The molecule has 1 aromatic carbocycles. The van der Waals surface area contributed by atoms with Crippen LogP contribution in [0.25, 0.3) is 0 Å². The van der Waals surface area contributed by atoms with Crippen molar-refractivity contribution in [1.29, 1.82) is 0 Å². The summed E-state index contributed by atoms with van der Waals surface area (Å²) in [5, 5.41) is 14.6. The Morgan fingerprint density at radius 1 is 1.32 bits per heavy atom. The smallest absolute Gasteiger partial charge is 0.306 e. The predicted octanol–water partition coefficient (Wildman–Crippen LogP) is 2.33. The number of rotatable bonds is 6. The average Bonchev–Trinajstić information content (AvgIpc) is 3.20. The number of esters is 1. The fourth-order valence-corrected chi connectivity index (χ4v) is 4.01. The summed E-state index contributed by atoms with van der Waals surface area (Å²) in [4.78, 5) is 26.8. The molecule has 1 aliphatic rings. The Morgan fingerprint density at radius 2 is 2.10 bits per heavy atom. The van der Waals surface area contributed by atoms with Crippen molar-refractivity contribution in [3.05, 3.63) is 81.2 Å². The number of carbonyl (C=O) groups excluding carboxylic acids is 1. The molecule has 1 aliphatic heterocycles. The second-order valence-corrected chi connectivity index (χ2v) is 7.80. The summed E-state index contributed by atoms with van der Waals surface area (Å²) in [6.07, 6.45) is 4.15. The Balaban J connectivity index is 1.65. The summed E-state index contributed by atoms with van der Waals surface area (Å²) < 4.78 is 12.4. The van der Waals surface area contributed by atoms with Gasteiger partial charge in [-0.3, -0.25) is 19.2 Å². The normalized spacial score (nSPS) is 14.8. The predicted molar refractivity (Wildman–Crippen MR) is 113 cm³/mol. The van der Waals surface area contributed by atoms with Gasteiger partial charge in [0.1, 0.15) is 5.76 Å². The fourth-order valence-electron chi connectivity index (χ4n) is 4.01. The summed E-state index contributed by atoms with van der Waals surface area (Å²) in [5.41, 5.74) is 2.71. The highest BCUT2D eigenvalue weighted by atomic mass is 16.5. The van der Waals surface area contributed by atoms with Crippen molar-refractivity contribution in [3.63, 3.8) is 0 Å². The van der Waals surface area contributed by atoms with Crippen LogP contribution in [-0.4, -0.2) is 39.4 Å². The average molecular weight is 423 g/mol. The van der Waals surface area contributed by atoms with Crippen LogP contribution in [0.3, 0.4) is 0 Å². The van der Waals surface area contributed by atoms with Crippen molar-refractivity contribution in [2.24, 2.45) is 7.05 Å². The molecule has 1 N–H and O–H groups in total. The number of aryl methyl sites for hydroxylation is 1. The number of hydrogen-bond acceptors (Lipinski definition) is 7. The first-order valence-corrected chi connectivity index (χ1v) is 10.1. The topological polar surface area (TPSA) is 97.8 Å². The Bertz CT molecular complexity index is 1150. The van der Waals surface area contributed by atoms with Crippen LogP contribution in [0.5, 0.6) is 5.75 Å². The van der Waals surface area contributed by atoms with E-state index in [0.717, 1.165) is 19.5 Å². The molecular weight excluding hydrogens is 398 g/mol. The van der Waals surface area contributed by atoms with Gasteiger partial charge in [0.25, 0.3) is 0 Å². The van der Waals surface area contributed by atoms with Crippen LogP contribution in [0.1, 0.15) is 40.5 Å². The summed E-state index contributed by atoms with van der Waals surface area (Å²) in [7, 11) is 3.04. The van der Waals surface area contributed by atoms with Gasteiger partial charge in [-0.25, -0.2) is 0 Å². The van der Waals surface area contributed by atoms with Crippen LogP contribution < -0.4 is 5.43 Å². The lowest BCUT2D eigenvalue weighted by Gasteiger charge is -2.28. The quantitative estimate of drug-likeness (QED) is 0.608. The number of ether oxygens (including phenoxy) is 1. The first-order chi connectivity index (χ1) is 14.9. The molecule has 0 radical (unpaired) electrons. The number of aromatic nitrogens is 2. The van der Waals surface area contributed by atoms with Crippen molar-refractivity contribution in [1.82, 2.24) is 14.7 Å². The molecule has 0 fully saturated rings. The third-order valence-corrected chi connectivity index (χ3v) is 5.63. The van der Waals surface area contributed by atoms with Crippen LogP contribution in [0.4, 0.5) is 0 Å². The fraction of sp³-hybridized carbons (Fsp3) is 0.348. The molecule has 0 saturated carbocycles. The third-order valence-electron chi connectivity index (χ3n) is 5.63. The van der Waals surface area contributed by atoms with Gasteiger partial charge in [0, 0.05) is 38.0 Å².